The van der Waals surface area contributed by atoms with Crippen LogP contribution in [-0.4, -0.2) is 42.6 Å². The Balaban J connectivity index is 2.61. The third kappa shape index (κ3) is 6.99. The fourth-order valence-corrected chi connectivity index (χ4v) is 3.40. The van der Waals surface area contributed by atoms with Gasteiger partial charge in [-0.05, 0) is 39.2 Å². The number of urea groups is 1. The summed E-state index contributed by atoms with van der Waals surface area (Å²) >= 11 is 0. The van der Waals surface area contributed by atoms with Crippen molar-refractivity contribution in [2.75, 3.05) is 19.6 Å². The van der Waals surface area contributed by atoms with Gasteiger partial charge >= 0.3 is 6.03 Å². The number of carbonyl (C=O) groups excluding carboxylic acids is 1. The Labute approximate surface area is 137 Å². The van der Waals surface area contributed by atoms with Gasteiger partial charge in [0.15, 0.2) is 0 Å². The molecule has 22 heavy (non-hydrogen) atoms. The second-order valence-corrected chi connectivity index (χ2v) is 6.57. The Bertz CT molecular complexity index is 290. The van der Waals surface area contributed by atoms with Gasteiger partial charge in [-0.1, -0.05) is 46.0 Å². The molecule has 4 nitrogen and oxygen atoms in total. The van der Waals surface area contributed by atoms with E-state index < -0.39 is 0 Å². The van der Waals surface area contributed by atoms with Crippen molar-refractivity contribution in [1.29, 1.82) is 0 Å². The van der Waals surface area contributed by atoms with Gasteiger partial charge in [0.2, 0.25) is 0 Å². The van der Waals surface area contributed by atoms with E-state index in [1.165, 1.54) is 38.5 Å². The fourth-order valence-electron chi connectivity index (χ4n) is 3.40. The summed E-state index contributed by atoms with van der Waals surface area (Å²) in [6, 6.07) is 1.01. The zero-order chi connectivity index (χ0) is 16.2. The average molecular weight is 312 g/mol. The lowest BCUT2D eigenvalue weighted by molar-refractivity contribution is 0.157. The molecule has 1 unspecified atom stereocenters. The van der Waals surface area contributed by atoms with Gasteiger partial charge in [-0.3, -0.25) is 0 Å². The minimum Gasteiger partial charge on any atom is -0.338 e. The van der Waals surface area contributed by atoms with Crippen LogP contribution in [0, 0.1) is 0 Å². The first-order valence-corrected chi connectivity index (χ1v) is 9.50. The van der Waals surface area contributed by atoms with Gasteiger partial charge in [-0.15, -0.1) is 0 Å². The largest absolute Gasteiger partial charge is 0.338 e. The molecular formula is C18H37N3O. The highest BCUT2D eigenvalue weighted by molar-refractivity contribution is 5.74. The topological polar surface area (TPSA) is 44.4 Å². The Morgan fingerprint density at radius 1 is 1.18 bits per heavy atom. The summed E-state index contributed by atoms with van der Waals surface area (Å²) in [5, 5.41) is 6.56. The number of carbonyl (C=O) groups is 1. The molecule has 2 N–H and O–H groups in total. The molecule has 1 rings (SSSR count). The number of amides is 2. The van der Waals surface area contributed by atoms with Crippen LogP contribution in [-0.2, 0) is 0 Å². The van der Waals surface area contributed by atoms with E-state index in [0.717, 1.165) is 32.4 Å². The standard InChI is InChI=1S/C18H37N3O/c1-4-7-8-9-13-17(11-5-2)21(18(22)19-6-3)15-16-12-10-14-20-16/h16-17,20H,4-15H2,1-3H3,(H,19,22)/t16-,17?/m1/s1. The third-order valence-electron chi connectivity index (χ3n) is 4.62. The Kier molecular flexibility index (Phi) is 10.3. The molecule has 1 aliphatic rings. The lowest BCUT2D eigenvalue weighted by Gasteiger charge is -2.34. The summed E-state index contributed by atoms with van der Waals surface area (Å²) < 4.78 is 0. The molecule has 1 heterocycles. The minimum atomic E-state index is 0.130. The van der Waals surface area contributed by atoms with E-state index in [2.05, 4.69) is 29.4 Å². The monoisotopic (exact) mass is 311 g/mol. The molecule has 0 aromatic heterocycles. The number of rotatable bonds is 11. The average Bonchev–Trinajstić information content (AvgIpc) is 3.01. The maximum absolute atomic E-state index is 12.5. The van der Waals surface area contributed by atoms with E-state index in [4.69, 9.17) is 0 Å². The van der Waals surface area contributed by atoms with Crippen molar-refractivity contribution in [2.24, 2.45) is 0 Å². The summed E-state index contributed by atoms with van der Waals surface area (Å²) in [4.78, 5) is 14.7. The summed E-state index contributed by atoms with van der Waals surface area (Å²) in [5.74, 6) is 0. The molecule has 0 aromatic rings. The molecule has 0 radical (unpaired) electrons. The van der Waals surface area contributed by atoms with Gasteiger partial charge in [0.1, 0.15) is 0 Å². The van der Waals surface area contributed by atoms with Gasteiger partial charge in [0, 0.05) is 25.2 Å². The van der Waals surface area contributed by atoms with Gasteiger partial charge in [-0.2, -0.15) is 0 Å². The number of hydrogen-bond acceptors (Lipinski definition) is 2. The predicted octanol–water partition coefficient (Wildman–Crippen LogP) is 3.91. The zero-order valence-corrected chi connectivity index (χ0v) is 15.0. The Morgan fingerprint density at radius 2 is 2.00 bits per heavy atom. The first-order chi connectivity index (χ1) is 10.7. The fraction of sp³-hybridized carbons (Fsp3) is 0.944. The molecule has 2 amide bonds. The van der Waals surface area contributed by atoms with E-state index in [1.807, 2.05) is 6.92 Å². The summed E-state index contributed by atoms with van der Waals surface area (Å²) in [6.45, 7) is 9.15. The van der Waals surface area contributed by atoms with Crippen LogP contribution in [0.4, 0.5) is 4.79 Å². The van der Waals surface area contributed by atoms with Crippen LogP contribution in [0.25, 0.3) is 0 Å². The lowest BCUT2D eigenvalue weighted by Crippen LogP contribution is -2.50. The molecule has 4 heteroatoms. The van der Waals surface area contributed by atoms with Crippen molar-refractivity contribution in [3.63, 3.8) is 0 Å². The van der Waals surface area contributed by atoms with Crippen molar-refractivity contribution in [2.45, 2.75) is 90.6 Å². The molecule has 2 atom stereocenters. The number of nitrogens with zero attached hydrogens (tertiary/aromatic N) is 1. The van der Waals surface area contributed by atoms with Crippen LogP contribution < -0.4 is 10.6 Å². The van der Waals surface area contributed by atoms with Crippen molar-refractivity contribution in [3.8, 4) is 0 Å². The number of hydrogen-bond donors (Lipinski definition) is 2. The number of nitrogens with one attached hydrogen (secondary N) is 2. The zero-order valence-electron chi connectivity index (χ0n) is 15.0. The SMILES string of the molecule is CCCCCCC(CCC)N(C[C@H]1CCCN1)C(=O)NCC. The van der Waals surface area contributed by atoms with E-state index in [9.17, 15) is 4.79 Å². The second-order valence-electron chi connectivity index (χ2n) is 6.57. The maximum Gasteiger partial charge on any atom is 0.317 e. The molecule has 0 aliphatic carbocycles. The van der Waals surface area contributed by atoms with E-state index in [0.29, 0.717) is 18.6 Å². The molecule has 1 aliphatic heterocycles. The Morgan fingerprint density at radius 3 is 2.59 bits per heavy atom. The molecule has 1 saturated heterocycles. The molecule has 1 fully saturated rings. The highest BCUT2D eigenvalue weighted by Crippen LogP contribution is 2.18. The van der Waals surface area contributed by atoms with Crippen LogP contribution in [0.2, 0.25) is 0 Å². The van der Waals surface area contributed by atoms with Gasteiger partial charge in [0.25, 0.3) is 0 Å². The van der Waals surface area contributed by atoms with E-state index >= 15 is 0 Å². The highest BCUT2D eigenvalue weighted by atomic mass is 16.2. The smallest absolute Gasteiger partial charge is 0.317 e. The van der Waals surface area contributed by atoms with Crippen LogP contribution in [0.15, 0.2) is 0 Å². The first kappa shape index (κ1) is 19.3. The van der Waals surface area contributed by atoms with Crippen molar-refractivity contribution in [1.82, 2.24) is 15.5 Å². The normalized spacial score (nSPS) is 19.1. The van der Waals surface area contributed by atoms with E-state index in [-0.39, 0.29) is 6.03 Å². The van der Waals surface area contributed by atoms with Gasteiger partial charge in [0.05, 0.1) is 0 Å². The van der Waals surface area contributed by atoms with E-state index in [1.54, 1.807) is 0 Å². The predicted molar refractivity (Wildman–Crippen MR) is 94.3 cm³/mol. The summed E-state index contributed by atoms with van der Waals surface area (Å²) in [5.41, 5.74) is 0. The molecule has 0 saturated carbocycles. The summed E-state index contributed by atoms with van der Waals surface area (Å²) in [6.07, 6.45) is 11.0. The third-order valence-corrected chi connectivity index (χ3v) is 4.62. The second kappa shape index (κ2) is 11.8. The van der Waals surface area contributed by atoms with Gasteiger partial charge < -0.3 is 15.5 Å². The molecule has 0 spiro atoms. The highest BCUT2D eigenvalue weighted by Gasteiger charge is 2.26. The lowest BCUT2D eigenvalue weighted by atomic mass is 10.0. The van der Waals surface area contributed by atoms with Crippen molar-refractivity contribution >= 4 is 6.03 Å². The molecule has 130 valence electrons. The molecule has 0 bridgehead atoms. The van der Waals surface area contributed by atoms with Crippen LogP contribution in [0.3, 0.4) is 0 Å². The number of unbranched alkanes of at least 4 members (excludes halogenated alkanes) is 3. The van der Waals surface area contributed by atoms with Crippen LogP contribution in [0.5, 0.6) is 0 Å². The quantitative estimate of drug-likeness (QED) is 0.568. The summed E-state index contributed by atoms with van der Waals surface area (Å²) in [7, 11) is 0. The molecular weight excluding hydrogens is 274 g/mol. The maximum atomic E-state index is 12.5. The van der Waals surface area contributed by atoms with Crippen molar-refractivity contribution in [3.05, 3.63) is 0 Å². The van der Waals surface area contributed by atoms with Gasteiger partial charge in [-0.25, -0.2) is 4.79 Å². The van der Waals surface area contributed by atoms with Crippen molar-refractivity contribution < 1.29 is 4.79 Å². The first-order valence-electron chi connectivity index (χ1n) is 9.50. The minimum absolute atomic E-state index is 0.130. The Hall–Kier alpha value is -0.770. The van der Waals surface area contributed by atoms with Crippen LogP contribution in [0.1, 0.15) is 78.6 Å². The van der Waals surface area contributed by atoms with Crippen LogP contribution >= 0.6 is 0 Å². The molecule has 0 aromatic carbocycles.